The lowest BCUT2D eigenvalue weighted by molar-refractivity contribution is -0.135. The van der Waals surface area contributed by atoms with Gasteiger partial charge in [-0.2, -0.15) is 17.6 Å². The van der Waals surface area contributed by atoms with E-state index < -0.39 is 29.8 Å². The van der Waals surface area contributed by atoms with Gasteiger partial charge in [-0.05, 0) is 62.1 Å². The van der Waals surface area contributed by atoms with Crippen LogP contribution in [0.4, 0.5) is 22.0 Å². The molecule has 0 saturated heterocycles. The number of hydrogen-bond donors (Lipinski definition) is 0. The summed E-state index contributed by atoms with van der Waals surface area (Å²) in [4.78, 5) is 0. The first-order valence-electron chi connectivity index (χ1n) is 7.83. The van der Waals surface area contributed by atoms with E-state index in [0.717, 1.165) is 37.8 Å². The Hall–Kier alpha value is -1.85. The van der Waals surface area contributed by atoms with Gasteiger partial charge in [0.2, 0.25) is 0 Å². The van der Waals surface area contributed by atoms with Gasteiger partial charge in [-0.3, -0.25) is 0 Å². The number of ether oxygens (including phenoxy) is 1. The Bertz CT molecular complexity index is 612. The number of rotatable bonds is 5. The molecule has 1 aliphatic carbocycles. The number of hydrogen-bond acceptors (Lipinski definition) is 1. The zero-order valence-electron chi connectivity index (χ0n) is 13.2. The maximum Gasteiger partial charge on any atom is 0.425 e. The Labute approximate surface area is 137 Å². The summed E-state index contributed by atoms with van der Waals surface area (Å²) >= 11 is 0. The molecule has 0 atom stereocenters. The molecule has 6 heteroatoms. The highest BCUT2D eigenvalue weighted by molar-refractivity contribution is 5.32. The molecule has 24 heavy (non-hydrogen) atoms. The van der Waals surface area contributed by atoms with Crippen LogP contribution in [-0.4, -0.2) is 6.11 Å². The Morgan fingerprint density at radius 1 is 1.17 bits per heavy atom. The molecule has 132 valence electrons. The van der Waals surface area contributed by atoms with E-state index in [9.17, 15) is 22.0 Å². The number of halogens is 5. The first-order valence-corrected chi connectivity index (χ1v) is 7.83. The van der Waals surface area contributed by atoms with E-state index in [-0.39, 0.29) is 5.92 Å². The van der Waals surface area contributed by atoms with Crippen LogP contribution in [0.25, 0.3) is 0 Å². The molecule has 2 rings (SSSR count). The highest BCUT2D eigenvalue weighted by atomic mass is 19.3. The molecule has 1 saturated carbocycles. The van der Waals surface area contributed by atoms with Crippen molar-refractivity contribution >= 4 is 0 Å². The molecule has 1 fully saturated rings. The predicted molar refractivity (Wildman–Crippen MR) is 81.8 cm³/mol. The van der Waals surface area contributed by atoms with E-state index in [1.807, 2.05) is 13.0 Å². The molecular weight excluding hydrogens is 327 g/mol. The van der Waals surface area contributed by atoms with E-state index in [4.69, 9.17) is 0 Å². The van der Waals surface area contributed by atoms with E-state index in [1.54, 1.807) is 0 Å². The zero-order chi connectivity index (χ0) is 17.7. The van der Waals surface area contributed by atoms with Gasteiger partial charge < -0.3 is 4.74 Å². The van der Waals surface area contributed by atoms with Crippen molar-refractivity contribution in [3.05, 3.63) is 53.9 Å². The summed E-state index contributed by atoms with van der Waals surface area (Å²) in [6.45, 7) is 1.97. The van der Waals surface area contributed by atoms with Crippen molar-refractivity contribution in [2.24, 2.45) is 5.92 Å². The van der Waals surface area contributed by atoms with Crippen molar-refractivity contribution in [1.82, 2.24) is 0 Å². The highest BCUT2D eigenvalue weighted by Gasteiger charge is 2.32. The molecule has 0 unspecified atom stereocenters. The topological polar surface area (TPSA) is 9.23 Å². The molecule has 0 aromatic heterocycles. The molecule has 0 amide bonds. The number of allylic oxidation sites excluding steroid dienone is 2. The first-order chi connectivity index (χ1) is 11.3. The van der Waals surface area contributed by atoms with E-state index in [2.05, 4.69) is 10.8 Å². The first kappa shape index (κ1) is 18.5. The van der Waals surface area contributed by atoms with Gasteiger partial charge in [-0.15, -0.1) is 0 Å². The minimum absolute atomic E-state index is 0.166. The molecular formula is C18H19F5O. The van der Waals surface area contributed by atoms with Gasteiger partial charge in [0.05, 0.1) is 6.08 Å². The SMILES string of the molecule is C/C=C/C1CCC(c2ccc(OC(F)(F)C=C(F)F)c(F)c2)CC1. The van der Waals surface area contributed by atoms with Crippen LogP contribution in [0.3, 0.4) is 0 Å². The van der Waals surface area contributed by atoms with Crippen LogP contribution >= 0.6 is 0 Å². The Balaban J connectivity index is 2.06. The third-order valence-electron chi connectivity index (χ3n) is 4.19. The third kappa shape index (κ3) is 5.08. The molecule has 0 radical (unpaired) electrons. The summed E-state index contributed by atoms with van der Waals surface area (Å²) in [5.74, 6) is -1.03. The summed E-state index contributed by atoms with van der Waals surface area (Å²) in [7, 11) is 0. The highest BCUT2D eigenvalue weighted by Crippen LogP contribution is 2.38. The standard InChI is InChI=1S/C18H19F5O/c1-2-3-12-4-6-13(7-5-12)14-8-9-16(15(19)10-14)24-18(22,23)11-17(20)21/h2-3,8-13H,4-7H2,1H3/b3-2+. The fourth-order valence-corrected chi connectivity index (χ4v) is 3.07. The summed E-state index contributed by atoms with van der Waals surface area (Å²) < 4.78 is 68.2. The molecule has 0 aliphatic heterocycles. The van der Waals surface area contributed by atoms with E-state index >= 15 is 0 Å². The van der Waals surface area contributed by atoms with E-state index in [1.165, 1.54) is 6.07 Å². The zero-order valence-corrected chi connectivity index (χ0v) is 13.2. The molecule has 1 nitrogen and oxygen atoms in total. The molecule has 1 aromatic rings. The summed E-state index contributed by atoms with van der Waals surface area (Å²) in [5, 5.41) is 0. The molecule has 1 aromatic carbocycles. The molecule has 0 spiro atoms. The van der Waals surface area contributed by atoms with Crippen LogP contribution < -0.4 is 4.74 Å². The second-order valence-corrected chi connectivity index (χ2v) is 5.93. The fraction of sp³-hybridized carbons (Fsp3) is 0.444. The maximum atomic E-state index is 14.0. The number of benzene rings is 1. The summed E-state index contributed by atoms with van der Waals surface area (Å²) in [6, 6.07) is 3.74. The quantitative estimate of drug-likeness (QED) is 0.441. The summed E-state index contributed by atoms with van der Waals surface area (Å²) in [6.07, 6.45) is 0.450. The minimum Gasteiger partial charge on any atom is -0.426 e. The third-order valence-corrected chi connectivity index (χ3v) is 4.19. The smallest absolute Gasteiger partial charge is 0.425 e. The van der Waals surface area contributed by atoms with Crippen LogP contribution in [0.5, 0.6) is 5.75 Å². The summed E-state index contributed by atoms with van der Waals surface area (Å²) in [5.41, 5.74) is 0.717. The largest absolute Gasteiger partial charge is 0.426 e. The van der Waals surface area contributed by atoms with Gasteiger partial charge in [-0.1, -0.05) is 18.2 Å². The average molecular weight is 346 g/mol. The van der Waals surface area contributed by atoms with Crippen LogP contribution in [-0.2, 0) is 0 Å². The Morgan fingerprint density at radius 3 is 2.38 bits per heavy atom. The Kier molecular flexibility index (Phi) is 6.02. The van der Waals surface area contributed by atoms with Crippen LogP contribution in [0.1, 0.15) is 44.1 Å². The lowest BCUT2D eigenvalue weighted by atomic mass is 9.78. The molecule has 0 N–H and O–H groups in total. The molecule has 1 aliphatic rings. The molecule has 0 bridgehead atoms. The second-order valence-electron chi connectivity index (χ2n) is 5.93. The minimum atomic E-state index is -4.26. The van der Waals surface area contributed by atoms with Crippen molar-refractivity contribution < 1.29 is 26.7 Å². The van der Waals surface area contributed by atoms with Crippen molar-refractivity contribution in [3.63, 3.8) is 0 Å². The van der Waals surface area contributed by atoms with Crippen LogP contribution in [0.15, 0.2) is 42.5 Å². The normalized spacial score (nSPS) is 21.8. The van der Waals surface area contributed by atoms with Crippen molar-refractivity contribution in [3.8, 4) is 5.75 Å². The van der Waals surface area contributed by atoms with Crippen molar-refractivity contribution in [2.45, 2.75) is 44.6 Å². The van der Waals surface area contributed by atoms with Gasteiger partial charge in [0.1, 0.15) is 0 Å². The van der Waals surface area contributed by atoms with Crippen molar-refractivity contribution in [1.29, 1.82) is 0 Å². The van der Waals surface area contributed by atoms with Gasteiger partial charge in [0, 0.05) is 0 Å². The van der Waals surface area contributed by atoms with Crippen molar-refractivity contribution in [2.75, 3.05) is 0 Å². The molecule has 0 heterocycles. The average Bonchev–Trinajstić information content (AvgIpc) is 2.49. The number of alkyl halides is 2. The van der Waals surface area contributed by atoms with E-state index in [0.29, 0.717) is 11.5 Å². The van der Waals surface area contributed by atoms with Gasteiger partial charge >= 0.3 is 6.11 Å². The van der Waals surface area contributed by atoms with Gasteiger partial charge in [-0.25, -0.2) is 4.39 Å². The lowest BCUT2D eigenvalue weighted by Crippen LogP contribution is -2.22. The maximum absolute atomic E-state index is 14.0. The van der Waals surface area contributed by atoms with Crippen LogP contribution in [0.2, 0.25) is 0 Å². The van der Waals surface area contributed by atoms with Gasteiger partial charge in [0.15, 0.2) is 11.6 Å². The predicted octanol–water partition coefficient (Wildman–Crippen LogP) is 6.43. The Morgan fingerprint density at radius 2 is 1.83 bits per heavy atom. The second kappa shape index (κ2) is 7.81. The lowest BCUT2D eigenvalue weighted by Gasteiger charge is -2.27. The van der Waals surface area contributed by atoms with Crippen LogP contribution in [0, 0.1) is 11.7 Å². The van der Waals surface area contributed by atoms with Gasteiger partial charge in [0.25, 0.3) is 6.08 Å². The fourth-order valence-electron chi connectivity index (χ4n) is 3.07. The monoisotopic (exact) mass is 346 g/mol.